The number of ether oxygens (including phenoxy) is 1. The molecule has 0 saturated carbocycles. The van der Waals surface area contributed by atoms with Gasteiger partial charge in [0.05, 0.1) is 19.4 Å². The van der Waals surface area contributed by atoms with Gasteiger partial charge in [-0.2, -0.15) is 0 Å². The first kappa shape index (κ1) is 8.65. The summed E-state index contributed by atoms with van der Waals surface area (Å²) in [6.07, 6.45) is 2.87. The summed E-state index contributed by atoms with van der Waals surface area (Å²) in [5.41, 5.74) is 0.624. The highest BCUT2D eigenvalue weighted by Gasteiger charge is 2.16. The van der Waals surface area contributed by atoms with Gasteiger partial charge in [-0.15, -0.1) is 5.10 Å². The number of rotatable bonds is 3. The summed E-state index contributed by atoms with van der Waals surface area (Å²) in [7, 11) is 0. The molecule has 0 spiro atoms. The molecule has 1 saturated heterocycles. The van der Waals surface area contributed by atoms with Gasteiger partial charge in [0.2, 0.25) is 0 Å². The van der Waals surface area contributed by atoms with Gasteiger partial charge in [-0.05, 0) is 6.42 Å². The Labute approximate surface area is 76.3 Å². The average Bonchev–Trinajstić information content (AvgIpc) is 2.76. The van der Waals surface area contributed by atoms with Crippen molar-refractivity contribution in [3.05, 3.63) is 11.9 Å². The Balaban J connectivity index is 1.92. The molecule has 13 heavy (non-hydrogen) atoms. The van der Waals surface area contributed by atoms with Crippen molar-refractivity contribution in [1.29, 1.82) is 0 Å². The molecular weight excluding hydrogens is 170 g/mol. The second-order valence-electron chi connectivity index (χ2n) is 3.32. The lowest BCUT2D eigenvalue weighted by Gasteiger charge is -2.05. The van der Waals surface area contributed by atoms with Gasteiger partial charge in [0.1, 0.15) is 5.69 Å². The molecular formula is C8H13N3O2. The van der Waals surface area contributed by atoms with E-state index in [1.54, 1.807) is 10.9 Å². The van der Waals surface area contributed by atoms with Crippen LogP contribution in [0.25, 0.3) is 0 Å². The van der Waals surface area contributed by atoms with Crippen LogP contribution >= 0.6 is 0 Å². The first-order valence-corrected chi connectivity index (χ1v) is 4.46. The molecule has 5 nitrogen and oxygen atoms in total. The Kier molecular flexibility index (Phi) is 2.56. The van der Waals surface area contributed by atoms with Gasteiger partial charge < -0.3 is 9.84 Å². The van der Waals surface area contributed by atoms with Crippen LogP contribution in [0.4, 0.5) is 0 Å². The van der Waals surface area contributed by atoms with Crippen LogP contribution in [0, 0.1) is 5.92 Å². The van der Waals surface area contributed by atoms with E-state index < -0.39 is 0 Å². The molecule has 0 amide bonds. The van der Waals surface area contributed by atoms with E-state index in [1.807, 2.05) is 0 Å². The molecule has 0 aliphatic carbocycles. The van der Waals surface area contributed by atoms with Gasteiger partial charge in [-0.25, -0.2) is 0 Å². The largest absolute Gasteiger partial charge is 0.390 e. The molecule has 2 rings (SSSR count). The molecule has 0 bridgehead atoms. The van der Waals surface area contributed by atoms with Gasteiger partial charge in [0.25, 0.3) is 0 Å². The van der Waals surface area contributed by atoms with Gasteiger partial charge >= 0.3 is 0 Å². The zero-order chi connectivity index (χ0) is 9.10. The number of hydrogen-bond acceptors (Lipinski definition) is 4. The van der Waals surface area contributed by atoms with Crippen molar-refractivity contribution in [3.63, 3.8) is 0 Å². The summed E-state index contributed by atoms with van der Waals surface area (Å²) in [4.78, 5) is 0. The maximum absolute atomic E-state index is 8.77. The van der Waals surface area contributed by atoms with Crippen LogP contribution in [0.15, 0.2) is 6.20 Å². The SMILES string of the molecule is OCc1cn(CC2CCOC2)nn1. The van der Waals surface area contributed by atoms with Crippen LogP contribution < -0.4 is 0 Å². The van der Waals surface area contributed by atoms with E-state index in [1.165, 1.54) is 0 Å². The Morgan fingerprint density at radius 2 is 2.62 bits per heavy atom. The third-order valence-electron chi connectivity index (χ3n) is 2.22. The van der Waals surface area contributed by atoms with Crippen molar-refractivity contribution >= 4 is 0 Å². The Bertz CT molecular complexity index is 268. The van der Waals surface area contributed by atoms with Crippen molar-refractivity contribution < 1.29 is 9.84 Å². The predicted molar refractivity (Wildman–Crippen MR) is 44.9 cm³/mol. The normalized spacial score (nSPS) is 22.4. The lowest BCUT2D eigenvalue weighted by molar-refractivity contribution is 0.181. The predicted octanol–water partition coefficient (Wildman–Crippen LogP) is -0.193. The molecule has 1 atom stereocenters. The van der Waals surface area contributed by atoms with E-state index in [0.717, 1.165) is 26.2 Å². The van der Waals surface area contributed by atoms with Crippen molar-refractivity contribution in [3.8, 4) is 0 Å². The van der Waals surface area contributed by atoms with E-state index >= 15 is 0 Å². The summed E-state index contributed by atoms with van der Waals surface area (Å²) in [5, 5.41) is 16.5. The van der Waals surface area contributed by atoms with E-state index in [-0.39, 0.29) is 6.61 Å². The maximum Gasteiger partial charge on any atom is 0.108 e. The molecule has 5 heteroatoms. The molecule has 1 aromatic rings. The smallest absolute Gasteiger partial charge is 0.108 e. The van der Waals surface area contributed by atoms with E-state index in [2.05, 4.69) is 10.3 Å². The van der Waals surface area contributed by atoms with E-state index in [0.29, 0.717) is 11.6 Å². The molecule has 1 aliphatic rings. The monoisotopic (exact) mass is 183 g/mol. The zero-order valence-electron chi connectivity index (χ0n) is 7.39. The fraction of sp³-hybridized carbons (Fsp3) is 0.750. The van der Waals surface area contributed by atoms with Gasteiger partial charge in [0, 0.05) is 19.1 Å². The molecule has 72 valence electrons. The van der Waals surface area contributed by atoms with Crippen LogP contribution in [0.2, 0.25) is 0 Å². The van der Waals surface area contributed by atoms with Crippen LogP contribution in [-0.4, -0.2) is 33.3 Å². The highest BCUT2D eigenvalue weighted by atomic mass is 16.5. The van der Waals surface area contributed by atoms with Crippen LogP contribution in [0.3, 0.4) is 0 Å². The first-order chi connectivity index (χ1) is 6.38. The number of aliphatic hydroxyl groups excluding tert-OH is 1. The van der Waals surface area contributed by atoms with Crippen molar-refractivity contribution in [2.75, 3.05) is 13.2 Å². The molecule has 1 unspecified atom stereocenters. The molecule has 1 aromatic heterocycles. The summed E-state index contributed by atoms with van der Waals surface area (Å²) in [6, 6.07) is 0. The lowest BCUT2D eigenvalue weighted by atomic mass is 10.1. The van der Waals surface area contributed by atoms with Crippen molar-refractivity contribution in [2.24, 2.45) is 5.92 Å². The van der Waals surface area contributed by atoms with Gasteiger partial charge in [0.15, 0.2) is 0 Å². The Morgan fingerprint density at radius 3 is 3.23 bits per heavy atom. The summed E-state index contributed by atoms with van der Waals surface area (Å²) in [5.74, 6) is 0.549. The van der Waals surface area contributed by atoms with Crippen molar-refractivity contribution in [1.82, 2.24) is 15.0 Å². The maximum atomic E-state index is 8.77. The molecule has 1 fully saturated rings. The van der Waals surface area contributed by atoms with Crippen LogP contribution in [0.5, 0.6) is 0 Å². The van der Waals surface area contributed by atoms with Crippen LogP contribution in [0.1, 0.15) is 12.1 Å². The minimum Gasteiger partial charge on any atom is -0.390 e. The van der Waals surface area contributed by atoms with E-state index in [9.17, 15) is 0 Å². The molecule has 0 aromatic carbocycles. The quantitative estimate of drug-likeness (QED) is 0.705. The molecule has 0 radical (unpaired) electrons. The second-order valence-corrected chi connectivity index (χ2v) is 3.32. The van der Waals surface area contributed by atoms with Gasteiger partial charge in [-0.3, -0.25) is 4.68 Å². The molecule has 1 aliphatic heterocycles. The third kappa shape index (κ3) is 2.05. The minimum atomic E-state index is -0.0405. The first-order valence-electron chi connectivity index (χ1n) is 4.46. The topological polar surface area (TPSA) is 60.2 Å². The minimum absolute atomic E-state index is 0.0405. The Morgan fingerprint density at radius 1 is 1.69 bits per heavy atom. The lowest BCUT2D eigenvalue weighted by Crippen LogP contribution is -2.11. The molecule has 1 N–H and O–H groups in total. The fourth-order valence-corrected chi connectivity index (χ4v) is 1.49. The number of nitrogens with zero attached hydrogens (tertiary/aromatic N) is 3. The van der Waals surface area contributed by atoms with E-state index in [4.69, 9.17) is 9.84 Å². The van der Waals surface area contributed by atoms with Crippen LogP contribution in [-0.2, 0) is 17.9 Å². The zero-order valence-corrected chi connectivity index (χ0v) is 7.39. The number of aliphatic hydroxyl groups is 1. The fourth-order valence-electron chi connectivity index (χ4n) is 1.49. The number of aromatic nitrogens is 3. The highest BCUT2D eigenvalue weighted by molar-refractivity contribution is 4.89. The standard InChI is InChI=1S/C8H13N3O2/c12-5-8-4-11(10-9-8)3-7-1-2-13-6-7/h4,7,12H,1-3,5-6H2. The average molecular weight is 183 g/mol. The summed E-state index contributed by atoms with van der Waals surface area (Å²) in [6.45, 7) is 2.47. The number of hydrogen-bond donors (Lipinski definition) is 1. The van der Waals surface area contributed by atoms with Gasteiger partial charge in [-0.1, -0.05) is 5.21 Å². The van der Waals surface area contributed by atoms with Crippen molar-refractivity contribution in [2.45, 2.75) is 19.6 Å². The second kappa shape index (κ2) is 3.85. The molecule has 2 heterocycles. The summed E-state index contributed by atoms with van der Waals surface area (Å²) < 4.78 is 7.02. The Hall–Kier alpha value is -0.940. The summed E-state index contributed by atoms with van der Waals surface area (Å²) >= 11 is 0. The highest BCUT2D eigenvalue weighted by Crippen LogP contribution is 2.13. The third-order valence-corrected chi connectivity index (χ3v) is 2.22.